The molecule has 0 saturated carbocycles. The number of hydrazine groups is 1. The first-order valence-corrected chi connectivity index (χ1v) is 4.46. The van der Waals surface area contributed by atoms with E-state index in [-0.39, 0.29) is 6.04 Å². The van der Waals surface area contributed by atoms with Crippen LogP contribution in [0.2, 0.25) is 0 Å². The van der Waals surface area contributed by atoms with Gasteiger partial charge in [0.25, 0.3) is 0 Å². The van der Waals surface area contributed by atoms with Gasteiger partial charge in [-0.1, -0.05) is 5.21 Å². The van der Waals surface area contributed by atoms with Gasteiger partial charge in [0.15, 0.2) is 0 Å². The number of rotatable bonds is 3. The average Bonchev–Trinajstić information content (AvgIpc) is 2.79. The molecule has 1 atom stereocenters. The van der Waals surface area contributed by atoms with E-state index in [0.29, 0.717) is 6.61 Å². The molecule has 76 valence electrons. The van der Waals surface area contributed by atoms with Crippen LogP contribution in [-0.4, -0.2) is 21.6 Å². The maximum Gasteiger partial charge on any atom is 0.123 e. The molecule has 0 aromatic carbocycles. The molecule has 3 N–H and O–H groups in total. The number of nitrogens with two attached hydrogens (primary N) is 1. The lowest BCUT2D eigenvalue weighted by Gasteiger charge is -2.13. The molecule has 0 amide bonds. The van der Waals surface area contributed by atoms with Crippen LogP contribution in [0.15, 0.2) is 18.0 Å². The number of hydrogen-bond acceptors (Lipinski definition) is 5. The van der Waals surface area contributed by atoms with Crippen molar-refractivity contribution in [3.63, 3.8) is 0 Å². The molecule has 6 nitrogen and oxygen atoms in total. The molecule has 1 aromatic heterocycles. The van der Waals surface area contributed by atoms with Crippen LogP contribution in [0.5, 0.6) is 0 Å². The van der Waals surface area contributed by atoms with Gasteiger partial charge >= 0.3 is 0 Å². The number of aromatic nitrogens is 3. The molecule has 0 bridgehead atoms. The van der Waals surface area contributed by atoms with E-state index in [1.165, 1.54) is 0 Å². The zero-order valence-corrected chi connectivity index (χ0v) is 7.97. The van der Waals surface area contributed by atoms with Crippen LogP contribution >= 0.6 is 0 Å². The van der Waals surface area contributed by atoms with E-state index in [2.05, 4.69) is 15.7 Å². The Bertz CT molecular complexity index is 345. The summed E-state index contributed by atoms with van der Waals surface area (Å²) in [5, 5.41) is 7.83. The smallest absolute Gasteiger partial charge is 0.123 e. The largest absolute Gasteiger partial charge is 0.496 e. The molecule has 1 aliphatic rings. The molecule has 0 radical (unpaired) electrons. The summed E-state index contributed by atoms with van der Waals surface area (Å²) in [6.07, 6.45) is 4.75. The van der Waals surface area contributed by atoms with Crippen LogP contribution in [0.1, 0.15) is 18.2 Å². The van der Waals surface area contributed by atoms with Crippen LogP contribution in [0.25, 0.3) is 0 Å². The van der Waals surface area contributed by atoms with Crippen LogP contribution in [0.3, 0.4) is 0 Å². The van der Waals surface area contributed by atoms with Crippen LogP contribution < -0.4 is 11.3 Å². The highest BCUT2D eigenvalue weighted by atomic mass is 16.5. The van der Waals surface area contributed by atoms with Crippen molar-refractivity contribution in [1.82, 2.24) is 20.4 Å². The van der Waals surface area contributed by atoms with Crippen LogP contribution in [-0.2, 0) is 11.8 Å². The minimum absolute atomic E-state index is 0.189. The zero-order valence-electron chi connectivity index (χ0n) is 7.97. The third-order valence-electron chi connectivity index (χ3n) is 2.10. The Morgan fingerprint density at radius 1 is 1.71 bits per heavy atom. The summed E-state index contributed by atoms with van der Waals surface area (Å²) in [4.78, 5) is 0. The van der Waals surface area contributed by atoms with Gasteiger partial charge in [0.05, 0.1) is 12.8 Å². The molecular weight excluding hydrogens is 182 g/mol. The Balaban J connectivity index is 2.20. The summed E-state index contributed by atoms with van der Waals surface area (Å²) in [6, 6.07) is -0.189. The van der Waals surface area contributed by atoms with Gasteiger partial charge in [-0.3, -0.25) is 10.5 Å². The molecule has 0 aliphatic carbocycles. The number of aryl methyl sites for hydroxylation is 1. The second-order valence-corrected chi connectivity index (χ2v) is 3.16. The highest BCUT2D eigenvalue weighted by Crippen LogP contribution is 2.23. The normalized spacial score (nSPS) is 17.7. The van der Waals surface area contributed by atoms with E-state index >= 15 is 0 Å². The molecule has 6 heteroatoms. The van der Waals surface area contributed by atoms with E-state index in [1.54, 1.807) is 4.68 Å². The molecule has 1 aromatic rings. The SMILES string of the molecule is Cn1cc(C(NN)C2=CCCO2)nn1. The first-order chi connectivity index (χ1) is 6.81. The topological polar surface area (TPSA) is 78.0 Å². The lowest BCUT2D eigenvalue weighted by molar-refractivity contribution is 0.214. The van der Waals surface area contributed by atoms with Crippen molar-refractivity contribution in [1.29, 1.82) is 0 Å². The lowest BCUT2D eigenvalue weighted by Crippen LogP contribution is -2.30. The monoisotopic (exact) mass is 195 g/mol. The van der Waals surface area contributed by atoms with Gasteiger partial charge in [-0.25, -0.2) is 5.43 Å². The first-order valence-electron chi connectivity index (χ1n) is 4.46. The fourth-order valence-electron chi connectivity index (χ4n) is 1.45. The van der Waals surface area contributed by atoms with Crippen molar-refractivity contribution in [3.05, 3.63) is 23.7 Å². The van der Waals surface area contributed by atoms with Gasteiger partial charge in [0, 0.05) is 13.5 Å². The van der Waals surface area contributed by atoms with E-state index in [4.69, 9.17) is 10.6 Å². The van der Waals surface area contributed by atoms with Gasteiger partial charge in [-0.15, -0.1) is 5.10 Å². The van der Waals surface area contributed by atoms with Gasteiger partial charge in [0.1, 0.15) is 17.5 Å². The van der Waals surface area contributed by atoms with Crippen molar-refractivity contribution in [2.75, 3.05) is 6.61 Å². The van der Waals surface area contributed by atoms with Gasteiger partial charge in [-0.05, 0) is 6.08 Å². The number of ether oxygens (including phenoxy) is 1. The van der Waals surface area contributed by atoms with Crippen molar-refractivity contribution < 1.29 is 4.74 Å². The fourth-order valence-corrected chi connectivity index (χ4v) is 1.45. The predicted molar refractivity (Wildman–Crippen MR) is 49.7 cm³/mol. The number of hydrogen-bond donors (Lipinski definition) is 2. The quantitative estimate of drug-likeness (QED) is 0.508. The number of nitrogens with one attached hydrogen (secondary N) is 1. The average molecular weight is 195 g/mol. The highest BCUT2D eigenvalue weighted by Gasteiger charge is 2.21. The molecule has 2 rings (SSSR count). The molecular formula is C8H13N5O. The summed E-state index contributed by atoms with van der Waals surface area (Å²) in [5.41, 5.74) is 3.43. The maximum atomic E-state index is 5.45. The minimum Gasteiger partial charge on any atom is -0.496 e. The Morgan fingerprint density at radius 3 is 3.07 bits per heavy atom. The van der Waals surface area contributed by atoms with E-state index in [1.807, 2.05) is 19.3 Å². The van der Waals surface area contributed by atoms with E-state index < -0.39 is 0 Å². The molecule has 1 unspecified atom stereocenters. The molecule has 0 spiro atoms. The summed E-state index contributed by atoms with van der Waals surface area (Å²) in [6.45, 7) is 0.716. The standard InChI is InChI=1S/C8H13N5O/c1-13-5-6(11-12-13)8(10-9)7-3-2-4-14-7/h3,5,8,10H,2,4,9H2,1H3. The van der Waals surface area contributed by atoms with E-state index in [9.17, 15) is 0 Å². The molecule has 14 heavy (non-hydrogen) atoms. The third kappa shape index (κ3) is 1.61. The maximum absolute atomic E-state index is 5.45. The Hall–Kier alpha value is -1.40. The zero-order chi connectivity index (χ0) is 9.97. The van der Waals surface area contributed by atoms with E-state index in [0.717, 1.165) is 17.9 Å². The van der Waals surface area contributed by atoms with Crippen molar-refractivity contribution in [2.45, 2.75) is 12.5 Å². The number of nitrogens with zero attached hydrogens (tertiary/aromatic N) is 3. The Labute approximate surface area is 81.7 Å². The van der Waals surface area contributed by atoms with Crippen molar-refractivity contribution in [3.8, 4) is 0 Å². The summed E-state index contributed by atoms with van der Waals surface area (Å²) < 4.78 is 7.05. The van der Waals surface area contributed by atoms with Gasteiger partial charge in [-0.2, -0.15) is 0 Å². The molecule has 0 saturated heterocycles. The highest BCUT2D eigenvalue weighted by molar-refractivity contribution is 5.16. The summed E-state index contributed by atoms with van der Waals surface area (Å²) >= 11 is 0. The third-order valence-corrected chi connectivity index (χ3v) is 2.10. The van der Waals surface area contributed by atoms with Gasteiger partial charge < -0.3 is 4.74 Å². The molecule has 1 aliphatic heterocycles. The first kappa shape index (κ1) is 9.17. The fraction of sp³-hybridized carbons (Fsp3) is 0.500. The minimum atomic E-state index is -0.189. The lowest BCUT2D eigenvalue weighted by atomic mass is 10.2. The van der Waals surface area contributed by atoms with Crippen molar-refractivity contribution in [2.24, 2.45) is 12.9 Å². The van der Waals surface area contributed by atoms with Crippen molar-refractivity contribution >= 4 is 0 Å². The Morgan fingerprint density at radius 2 is 2.57 bits per heavy atom. The second-order valence-electron chi connectivity index (χ2n) is 3.16. The Kier molecular flexibility index (Phi) is 2.47. The summed E-state index contributed by atoms with van der Waals surface area (Å²) in [5.74, 6) is 6.27. The van der Waals surface area contributed by atoms with Gasteiger partial charge in [0.2, 0.25) is 0 Å². The van der Waals surface area contributed by atoms with Crippen LogP contribution in [0, 0.1) is 0 Å². The predicted octanol–water partition coefficient (Wildman–Crippen LogP) is -0.376. The summed E-state index contributed by atoms with van der Waals surface area (Å²) in [7, 11) is 1.81. The molecule has 0 fully saturated rings. The second kappa shape index (κ2) is 3.77. The van der Waals surface area contributed by atoms with Crippen LogP contribution in [0.4, 0.5) is 0 Å². The molecule has 2 heterocycles.